The molecule has 0 heterocycles. The number of phenols is 1. The third-order valence-electron chi connectivity index (χ3n) is 2.67. The zero-order valence-electron chi connectivity index (χ0n) is 9.62. The van der Waals surface area contributed by atoms with E-state index in [1.165, 1.54) is 12.1 Å². The second-order valence-electron chi connectivity index (χ2n) is 3.83. The van der Waals surface area contributed by atoms with Crippen LogP contribution in [0.15, 0.2) is 24.3 Å². The molecular formula is C13H6F4O3. The van der Waals surface area contributed by atoms with E-state index in [9.17, 15) is 22.4 Å². The van der Waals surface area contributed by atoms with Gasteiger partial charge in [-0.3, -0.25) is 0 Å². The van der Waals surface area contributed by atoms with Gasteiger partial charge in [0.2, 0.25) is 11.6 Å². The summed E-state index contributed by atoms with van der Waals surface area (Å²) in [5.41, 5.74) is -2.25. The number of aromatic hydroxyl groups is 1. The van der Waals surface area contributed by atoms with Crippen molar-refractivity contribution in [2.75, 3.05) is 0 Å². The maximum atomic E-state index is 13.7. The first-order valence-electron chi connectivity index (χ1n) is 5.23. The van der Waals surface area contributed by atoms with Gasteiger partial charge in [-0.1, -0.05) is 18.2 Å². The number of carboxylic acids is 1. The molecule has 104 valence electrons. The summed E-state index contributed by atoms with van der Waals surface area (Å²) in [6.07, 6.45) is 0. The van der Waals surface area contributed by atoms with E-state index >= 15 is 0 Å². The Morgan fingerprint density at radius 3 is 1.90 bits per heavy atom. The van der Waals surface area contributed by atoms with Gasteiger partial charge in [-0.2, -0.15) is 8.78 Å². The number of halogens is 4. The molecule has 0 unspecified atom stereocenters. The average Bonchev–Trinajstić information content (AvgIpc) is 2.43. The van der Waals surface area contributed by atoms with Gasteiger partial charge in [0.05, 0.1) is 11.1 Å². The quantitative estimate of drug-likeness (QED) is 0.657. The molecule has 2 aromatic carbocycles. The Morgan fingerprint density at radius 2 is 1.40 bits per heavy atom. The third kappa shape index (κ3) is 1.97. The van der Waals surface area contributed by atoms with Crippen LogP contribution in [0.3, 0.4) is 0 Å². The van der Waals surface area contributed by atoms with Gasteiger partial charge in [-0.25, -0.2) is 13.6 Å². The van der Waals surface area contributed by atoms with E-state index in [0.29, 0.717) is 0 Å². The van der Waals surface area contributed by atoms with Crippen LogP contribution in [0.4, 0.5) is 17.6 Å². The molecule has 0 aliphatic heterocycles. The van der Waals surface area contributed by atoms with Crippen molar-refractivity contribution >= 4 is 5.97 Å². The lowest BCUT2D eigenvalue weighted by atomic mass is 9.98. The van der Waals surface area contributed by atoms with Crippen molar-refractivity contribution in [3.63, 3.8) is 0 Å². The molecule has 0 radical (unpaired) electrons. The van der Waals surface area contributed by atoms with Crippen molar-refractivity contribution in [2.45, 2.75) is 0 Å². The molecule has 20 heavy (non-hydrogen) atoms. The fourth-order valence-corrected chi connectivity index (χ4v) is 1.74. The SMILES string of the molecule is O=C(O)c1ccccc1-c1c(F)c(F)c(O)c(F)c1F. The maximum absolute atomic E-state index is 13.7. The van der Waals surface area contributed by atoms with Crippen LogP contribution < -0.4 is 0 Å². The summed E-state index contributed by atoms with van der Waals surface area (Å²) in [6, 6.07) is 4.57. The predicted molar refractivity (Wildman–Crippen MR) is 60.3 cm³/mol. The van der Waals surface area contributed by atoms with Crippen LogP contribution in [0.2, 0.25) is 0 Å². The summed E-state index contributed by atoms with van der Waals surface area (Å²) in [5, 5.41) is 17.8. The van der Waals surface area contributed by atoms with Crippen LogP contribution in [0.25, 0.3) is 11.1 Å². The summed E-state index contributed by atoms with van der Waals surface area (Å²) < 4.78 is 53.9. The van der Waals surface area contributed by atoms with E-state index in [1.807, 2.05) is 0 Å². The fourth-order valence-electron chi connectivity index (χ4n) is 1.74. The highest BCUT2D eigenvalue weighted by molar-refractivity contribution is 5.96. The number of carboxylic acid groups (broad SMARTS) is 1. The first-order valence-corrected chi connectivity index (χ1v) is 5.23. The summed E-state index contributed by atoms with van der Waals surface area (Å²) in [7, 11) is 0. The van der Waals surface area contributed by atoms with Crippen LogP contribution >= 0.6 is 0 Å². The summed E-state index contributed by atoms with van der Waals surface area (Å²) >= 11 is 0. The molecule has 0 fully saturated rings. The number of benzene rings is 2. The predicted octanol–water partition coefficient (Wildman–Crippen LogP) is 3.31. The number of phenolic OH excluding ortho intramolecular Hbond substituents is 1. The van der Waals surface area contributed by atoms with Gasteiger partial charge in [0.25, 0.3) is 0 Å². The largest absolute Gasteiger partial charge is 0.503 e. The molecule has 2 N–H and O–H groups in total. The molecule has 0 aliphatic carbocycles. The van der Waals surface area contributed by atoms with Crippen molar-refractivity contribution in [3.8, 4) is 16.9 Å². The lowest BCUT2D eigenvalue weighted by Gasteiger charge is -2.11. The first-order chi connectivity index (χ1) is 9.36. The molecule has 2 rings (SSSR count). The lowest BCUT2D eigenvalue weighted by Crippen LogP contribution is -2.05. The molecule has 0 amide bonds. The van der Waals surface area contributed by atoms with Gasteiger partial charge >= 0.3 is 5.97 Å². The van der Waals surface area contributed by atoms with E-state index in [-0.39, 0.29) is 0 Å². The average molecular weight is 286 g/mol. The molecular weight excluding hydrogens is 280 g/mol. The lowest BCUT2D eigenvalue weighted by molar-refractivity contribution is 0.0697. The molecule has 0 spiro atoms. The Morgan fingerprint density at radius 1 is 0.900 bits per heavy atom. The Labute approximate surface area is 109 Å². The molecule has 2 aromatic rings. The smallest absolute Gasteiger partial charge is 0.336 e. The molecule has 0 bridgehead atoms. The number of aromatic carboxylic acids is 1. The molecule has 3 nitrogen and oxygen atoms in total. The number of hydrogen-bond acceptors (Lipinski definition) is 2. The van der Waals surface area contributed by atoms with Crippen LogP contribution in [0.1, 0.15) is 10.4 Å². The normalized spacial score (nSPS) is 10.6. The van der Waals surface area contributed by atoms with Crippen molar-refractivity contribution in [3.05, 3.63) is 53.1 Å². The minimum Gasteiger partial charge on any atom is -0.503 e. The van der Waals surface area contributed by atoms with Crippen LogP contribution in [-0.4, -0.2) is 16.2 Å². The van der Waals surface area contributed by atoms with Gasteiger partial charge in [0.1, 0.15) is 0 Å². The minimum absolute atomic E-state index is 0.533. The molecule has 7 heteroatoms. The standard InChI is InChI=1S/C13H6F4O3/c14-8-7(9(15)11(17)12(18)10(8)16)5-3-1-2-4-6(5)13(19)20/h1-4,18H,(H,19,20). The van der Waals surface area contributed by atoms with Gasteiger partial charge in [0.15, 0.2) is 17.4 Å². The van der Waals surface area contributed by atoms with Crippen molar-refractivity contribution in [2.24, 2.45) is 0 Å². The van der Waals surface area contributed by atoms with Gasteiger partial charge in [-0.15, -0.1) is 0 Å². The second kappa shape index (κ2) is 4.84. The van der Waals surface area contributed by atoms with Crippen LogP contribution in [0.5, 0.6) is 5.75 Å². The van der Waals surface area contributed by atoms with Crippen molar-refractivity contribution < 1.29 is 32.6 Å². The Balaban J connectivity index is 2.88. The number of rotatable bonds is 2. The van der Waals surface area contributed by atoms with Crippen molar-refractivity contribution in [1.82, 2.24) is 0 Å². The van der Waals surface area contributed by atoms with Crippen molar-refractivity contribution in [1.29, 1.82) is 0 Å². The van der Waals surface area contributed by atoms with Gasteiger partial charge in [-0.05, 0) is 6.07 Å². The fraction of sp³-hybridized carbons (Fsp3) is 0. The highest BCUT2D eigenvalue weighted by atomic mass is 19.2. The molecule has 0 saturated carbocycles. The highest BCUT2D eigenvalue weighted by Crippen LogP contribution is 2.36. The summed E-state index contributed by atoms with van der Waals surface area (Å²) in [6.45, 7) is 0. The number of hydrogen-bond donors (Lipinski definition) is 2. The van der Waals surface area contributed by atoms with E-state index in [1.54, 1.807) is 0 Å². The van der Waals surface area contributed by atoms with E-state index in [2.05, 4.69) is 0 Å². The molecule has 0 saturated heterocycles. The summed E-state index contributed by atoms with van der Waals surface area (Å²) in [4.78, 5) is 11.0. The minimum atomic E-state index is -1.99. The zero-order valence-corrected chi connectivity index (χ0v) is 9.62. The molecule has 0 aliphatic rings. The zero-order chi connectivity index (χ0) is 15.0. The summed E-state index contributed by atoms with van der Waals surface area (Å²) in [5.74, 6) is -11.0. The third-order valence-corrected chi connectivity index (χ3v) is 2.67. The molecule has 0 aromatic heterocycles. The molecule has 0 atom stereocenters. The van der Waals surface area contributed by atoms with Crippen LogP contribution in [0, 0.1) is 23.3 Å². The second-order valence-corrected chi connectivity index (χ2v) is 3.83. The topological polar surface area (TPSA) is 57.5 Å². The van der Waals surface area contributed by atoms with Crippen LogP contribution in [-0.2, 0) is 0 Å². The van der Waals surface area contributed by atoms with E-state index in [0.717, 1.165) is 12.1 Å². The maximum Gasteiger partial charge on any atom is 0.336 e. The Bertz CT molecular complexity index is 684. The Hall–Kier alpha value is -2.57. The van der Waals surface area contributed by atoms with E-state index in [4.69, 9.17) is 10.2 Å². The number of carbonyl (C=O) groups is 1. The monoisotopic (exact) mass is 286 g/mol. The highest BCUT2D eigenvalue weighted by Gasteiger charge is 2.28. The van der Waals surface area contributed by atoms with E-state index < -0.39 is 51.7 Å². The van der Waals surface area contributed by atoms with Gasteiger partial charge in [0, 0.05) is 5.56 Å². The first kappa shape index (κ1) is 13.9. The Kier molecular flexibility index (Phi) is 3.35. The van der Waals surface area contributed by atoms with Gasteiger partial charge < -0.3 is 10.2 Å².